The molecule has 2 unspecified atom stereocenters. The van der Waals surface area contributed by atoms with Crippen LogP contribution in [0.5, 0.6) is 5.75 Å². The Morgan fingerprint density at radius 1 is 1.15 bits per heavy atom. The van der Waals surface area contributed by atoms with Gasteiger partial charge >= 0.3 is 0 Å². The van der Waals surface area contributed by atoms with Gasteiger partial charge < -0.3 is 9.64 Å². The second-order valence-electron chi connectivity index (χ2n) is 6.88. The molecule has 2 aliphatic heterocycles. The van der Waals surface area contributed by atoms with Crippen LogP contribution in [0.15, 0.2) is 53.5 Å². The van der Waals surface area contributed by atoms with Gasteiger partial charge in [-0.05, 0) is 30.2 Å². The lowest BCUT2D eigenvalue weighted by Crippen LogP contribution is -2.39. The summed E-state index contributed by atoms with van der Waals surface area (Å²) in [6.45, 7) is 2.10. The first-order valence-electron chi connectivity index (χ1n) is 8.86. The third-order valence-electron chi connectivity index (χ3n) is 5.07. The zero-order valence-corrected chi connectivity index (χ0v) is 17.0. The van der Waals surface area contributed by atoms with E-state index in [0.29, 0.717) is 0 Å². The van der Waals surface area contributed by atoms with Crippen molar-refractivity contribution in [2.24, 2.45) is 4.99 Å². The van der Waals surface area contributed by atoms with E-state index in [4.69, 9.17) is 9.73 Å². The number of aryl methyl sites for hydroxylation is 1. The standard InChI is InChI=1S/C20H22N2O3S2/c1-14-7-3-4-8-15(14)11-26-20-21-16-12-27(23,24)13-18(16)22(20)17-9-5-6-10-19(17)25-2/h3-10,16,18H,11-13H2,1-2H3. The van der Waals surface area contributed by atoms with Gasteiger partial charge in [-0.1, -0.05) is 48.2 Å². The highest BCUT2D eigenvalue weighted by molar-refractivity contribution is 8.13. The summed E-state index contributed by atoms with van der Waals surface area (Å²) in [5.74, 6) is 1.78. The zero-order valence-electron chi connectivity index (χ0n) is 15.3. The molecule has 0 aliphatic carbocycles. The third-order valence-corrected chi connectivity index (χ3v) is 7.78. The predicted molar refractivity (Wildman–Crippen MR) is 112 cm³/mol. The number of ether oxygens (including phenoxy) is 1. The number of aliphatic imine (C=N–C) groups is 1. The fourth-order valence-electron chi connectivity index (χ4n) is 3.66. The SMILES string of the molecule is COc1ccccc1N1C(SCc2ccccc2C)=NC2CS(=O)(=O)CC21. The summed E-state index contributed by atoms with van der Waals surface area (Å²) in [4.78, 5) is 6.86. The van der Waals surface area contributed by atoms with Crippen molar-refractivity contribution in [1.29, 1.82) is 0 Å². The molecule has 27 heavy (non-hydrogen) atoms. The summed E-state index contributed by atoms with van der Waals surface area (Å²) in [6, 6.07) is 15.7. The molecule has 4 rings (SSSR count). The van der Waals surface area contributed by atoms with Crippen molar-refractivity contribution in [3.05, 3.63) is 59.7 Å². The van der Waals surface area contributed by atoms with Crippen molar-refractivity contribution >= 4 is 32.5 Å². The molecule has 0 amide bonds. The van der Waals surface area contributed by atoms with Crippen molar-refractivity contribution in [2.45, 2.75) is 24.8 Å². The number of hydrogen-bond donors (Lipinski definition) is 0. The van der Waals surface area contributed by atoms with Crippen LogP contribution >= 0.6 is 11.8 Å². The van der Waals surface area contributed by atoms with Gasteiger partial charge in [0.1, 0.15) is 5.75 Å². The molecule has 5 nitrogen and oxygen atoms in total. The van der Waals surface area contributed by atoms with Crippen LogP contribution in [0.1, 0.15) is 11.1 Å². The number of sulfone groups is 1. The van der Waals surface area contributed by atoms with Gasteiger partial charge in [-0.2, -0.15) is 0 Å². The van der Waals surface area contributed by atoms with Crippen LogP contribution in [0.25, 0.3) is 0 Å². The Morgan fingerprint density at radius 3 is 2.67 bits per heavy atom. The van der Waals surface area contributed by atoms with Gasteiger partial charge in [0.05, 0.1) is 36.4 Å². The number of nitrogens with zero attached hydrogens (tertiary/aromatic N) is 2. The molecule has 0 radical (unpaired) electrons. The molecule has 142 valence electrons. The molecule has 0 bridgehead atoms. The van der Waals surface area contributed by atoms with Gasteiger partial charge in [0.25, 0.3) is 0 Å². The molecule has 2 aromatic rings. The Labute approximate surface area is 164 Å². The van der Waals surface area contributed by atoms with Crippen LogP contribution in [0.2, 0.25) is 0 Å². The van der Waals surface area contributed by atoms with Gasteiger partial charge in [-0.25, -0.2) is 8.42 Å². The smallest absolute Gasteiger partial charge is 0.164 e. The monoisotopic (exact) mass is 402 g/mol. The number of methoxy groups -OCH3 is 1. The van der Waals surface area contributed by atoms with E-state index < -0.39 is 9.84 Å². The average molecular weight is 403 g/mol. The number of benzene rings is 2. The molecule has 2 heterocycles. The largest absolute Gasteiger partial charge is 0.495 e. The quantitative estimate of drug-likeness (QED) is 0.786. The fraction of sp³-hybridized carbons (Fsp3) is 0.350. The highest BCUT2D eigenvalue weighted by Gasteiger charge is 2.47. The van der Waals surface area contributed by atoms with Crippen LogP contribution in [0.4, 0.5) is 5.69 Å². The Bertz CT molecular complexity index is 988. The maximum atomic E-state index is 12.2. The summed E-state index contributed by atoms with van der Waals surface area (Å²) in [6.07, 6.45) is 0. The van der Waals surface area contributed by atoms with E-state index in [2.05, 4.69) is 24.0 Å². The zero-order chi connectivity index (χ0) is 19.0. The minimum absolute atomic E-state index is 0.123. The minimum atomic E-state index is -3.06. The highest BCUT2D eigenvalue weighted by atomic mass is 32.2. The Balaban J connectivity index is 1.67. The first kappa shape index (κ1) is 18.4. The number of fused-ring (bicyclic) bond motifs is 1. The fourth-order valence-corrected chi connectivity index (χ4v) is 6.69. The average Bonchev–Trinajstić information content (AvgIpc) is 3.12. The molecular formula is C20H22N2O3S2. The summed E-state index contributed by atoms with van der Waals surface area (Å²) >= 11 is 1.66. The minimum Gasteiger partial charge on any atom is -0.495 e. The van der Waals surface area contributed by atoms with E-state index >= 15 is 0 Å². The number of hydrogen-bond acceptors (Lipinski definition) is 6. The summed E-state index contributed by atoms with van der Waals surface area (Å²) < 4.78 is 29.9. The van der Waals surface area contributed by atoms with Gasteiger partial charge in [-0.3, -0.25) is 4.99 Å². The van der Waals surface area contributed by atoms with Crippen molar-refractivity contribution in [2.75, 3.05) is 23.5 Å². The molecule has 2 atom stereocenters. The van der Waals surface area contributed by atoms with E-state index in [1.807, 2.05) is 36.4 Å². The number of para-hydroxylation sites is 2. The van der Waals surface area contributed by atoms with E-state index in [1.54, 1.807) is 18.9 Å². The molecule has 1 saturated heterocycles. The molecule has 0 spiro atoms. The molecule has 0 saturated carbocycles. The van der Waals surface area contributed by atoms with Crippen molar-refractivity contribution in [3.8, 4) is 5.75 Å². The van der Waals surface area contributed by atoms with Crippen LogP contribution in [-0.4, -0.2) is 44.3 Å². The highest BCUT2D eigenvalue weighted by Crippen LogP contribution is 2.39. The molecule has 0 N–H and O–H groups in total. The molecular weight excluding hydrogens is 380 g/mol. The van der Waals surface area contributed by atoms with Gasteiger partial charge in [0, 0.05) is 5.75 Å². The van der Waals surface area contributed by atoms with Crippen LogP contribution in [0, 0.1) is 6.92 Å². The van der Waals surface area contributed by atoms with Gasteiger partial charge in [-0.15, -0.1) is 0 Å². The second-order valence-corrected chi connectivity index (χ2v) is 9.98. The number of anilines is 1. The van der Waals surface area contributed by atoms with Crippen molar-refractivity contribution in [1.82, 2.24) is 0 Å². The Hall–Kier alpha value is -1.99. The lowest BCUT2D eigenvalue weighted by atomic mass is 10.1. The number of rotatable bonds is 4. The van der Waals surface area contributed by atoms with E-state index in [1.165, 1.54) is 11.1 Å². The second kappa shape index (κ2) is 7.20. The van der Waals surface area contributed by atoms with Crippen molar-refractivity contribution in [3.63, 3.8) is 0 Å². The Kier molecular flexibility index (Phi) is 4.90. The first-order chi connectivity index (χ1) is 13.0. The van der Waals surface area contributed by atoms with Crippen LogP contribution in [0.3, 0.4) is 0 Å². The van der Waals surface area contributed by atoms with Crippen LogP contribution in [-0.2, 0) is 15.6 Å². The summed E-state index contributed by atoms with van der Waals surface area (Å²) in [5, 5.41) is 0.868. The first-order valence-corrected chi connectivity index (χ1v) is 11.7. The maximum Gasteiger partial charge on any atom is 0.164 e. The predicted octanol–water partition coefficient (Wildman–Crippen LogP) is 3.28. The van der Waals surface area contributed by atoms with E-state index in [9.17, 15) is 8.42 Å². The van der Waals surface area contributed by atoms with E-state index in [0.717, 1.165) is 22.4 Å². The topological polar surface area (TPSA) is 59.0 Å². The lowest BCUT2D eigenvalue weighted by Gasteiger charge is -2.28. The lowest BCUT2D eigenvalue weighted by molar-refractivity contribution is 0.415. The maximum absolute atomic E-state index is 12.2. The van der Waals surface area contributed by atoms with Crippen LogP contribution < -0.4 is 9.64 Å². The third kappa shape index (κ3) is 3.58. The Morgan fingerprint density at radius 2 is 1.89 bits per heavy atom. The molecule has 0 aromatic heterocycles. The van der Waals surface area contributed by atoms with Gasteiger partial charge in [0.15, 0.2) is 15.0 Å². The number of thioether (sulfide) groups is 1. The molecule has 2 aromatic carbocycles. The van der Waals surface area contributed by atoms with Gasteiger partial charge in [0.2, 0.25) is 0 Å². The van der Waals surface area contributed by atoms with E-state index in [-0.39, 0.29) is 23.6 Å². The van der Waals surface area contributed by atoms with Crippen molar-refractivity contribution < 1.29 is 13.2 Å². The molecule has 1 fully saturated rings. The normalized spacial score (nSPS) is 23.2. The molecule has 2 aliphatic rings. The molecule has 7 heteroatoms. The summed E-state index contributed by atoms with van der Waals surface area (Å²) in [5.41, 5.74) is 3.38. The summed E-state index contributed by atoms with van der Waals surface area (Å²) in [7, 11) is -1.43. The number of amidine groups is 1.